The van der Waals surface area contributed by atoms with Gasteiger partial charge in [-0.3, -0.25) is 0 Å². The van der Waals surface area contributed by atoms with Crippen molar-refractivity contribution < 1.29 is 19.9 Å². The summed E-state index contributed by atoms with van der Waals surface area (Å²) in [5.74, 6) is 0. The van der Waals surface area contributed by atoms with Crippen LogP contribution in [0.4, 0.5) is 0 Å². The maximum absolute atomic E-state index is 8.04. The fourth-order valence-corrected chi connectivity index (χ4v) is 0.684. The first-order valence-corrected chi connectivity index (χ1v) is 4.69. The molecular formula is C10H24N2O2. The highest BCUT2D eigenvalue weighted by Crippen LogP contribution is 1.89. The zero-order valence-corrected chi connectivity index (χ0v) is 8.62. The molecule has 0 saturated heterocycles. The first kappa shape index (κ1) is 4.78. The lowest BCUT2D eigenvalue weighted by Gasteiger charge is -2.17. The molecule has 0 aromatic carbocycles. The lowest BCUT2D eigenvalue weighted by atomic mass is 10.2. The molecular weight excluding hydrogens is 180 g/mol. The Morgan fingerprint density at radius 1 is 1.29 bits per heavy atom. The van der Waals surface area contributed by atoms with Crippen LogP contribution in [0.25, 0.3) is 0 Å². The van der Waals surface area contributed by atoms with Crippen LogP contribution >= 0.6 is 0 Å². The third kappa shape index (κ3) is 6.32. The van der Waals surface area contributed by atoms with E-state index in [1.54, 1.807) is 6.92 Å². The number of nitrogens with one attached hydrogen (secondary N) is 2. The second-order valence-corrected chi connectivity index (χ2v) is 2.76. The smallest absolute Gasteiger partial charge is 0.210 e. The van der Waals surface area contributed by atoms with Crippen LogP contribution in [0.1, 0.15) is 33.5 Å². The summed E-state index contributed by atoms with van der Waals surface area (Å²) in [7, 11) is 0. The summed E-state index contributed by atoms with van der Waals surface area (Å²) in [6.45, 7) is -3.83. The fraction of sp³-hybridized carbons (Fsp3) is 1.00. The topological polar surface area (TPSA) is 64.5 Å². The van der Waals surface area contributed by atoms with E-state index in [9.17, 15) is 0 Å². The van der Waals surface area contributed by atoms with Crippen molar-refractivity contribution >= 4 is 0 Å². The average Bonchev–Trinajstić information content (AvgIpc) is 2.50. The Morgan fingerprint density at radius 2 is 2.00 bits per heavy atom. The molecule has 14 heavy (non-hydrogen) atoms. The molecule has 0 aliphatic carbocycles. The van der Waals surface area contributed by atoms with Crippen LogP contribution in [-0.2, 0) is 0 Å². The number of aliphatic hydroxyl groups is 2. The minimum Gasteiger partial charge on any atom is -0.395 e. The van der Waals surface area contributed by atoms with Crippen molar-refractivity contribution in [2.75, 3.05) is 26.2 Å². The van der Waals surface area contributed by atoms with Crippen molar-refractivity contribution in [2.45, 2.75) is 38.7 Å². The van der Waals surface area contributed by atoms with E-state index >= 15 is 0 Å². The van der Waals surface area contributed by atoms with E-state index in [1.807, 2.05) is 0 Å². The highest BCUT2D eigenvalue weighted by molar-refractivity contribution is 4.67. The van der Waals surface area contributed by atoms with Crippen LogP contribution in [0, 0.1) is 0 Å². The van der Waals surface area contributed by atoms with Gasteiger partial charge in [-0.1, -0.05) is 13.8 Å². The average molecular weight is 213 g/mol. The maximum Gasteiger partial charge on any atom is 0.210 e. The van der Waals surface area contributed by atoms with E-state index in [0.29, 0.717) is 5.31 Å². The molecule has 4 nitrogen and oxygen atoms in total. The lowest BCUT2D eigenvalue weighted by Crippen LogP contribution is -2.40. The lowest BCUT2D eigenvalue weighted by molar-refractivity contribution is 0.229. The van der Waals surface area contributed by atoms with Gasteiger partial charge in [-0.05, 0) is 12.8 Å². The molecule has 2 atom stereocenters. The molecule has 0 aliphatic rings. The summed E-state index contributed by atoms with van der Waals surface area (Å²) in [5.41, 5.74) is 0. The number of rotatable bonds is 11. The molecule has 0 fully saturated rings. The largest absolute Gasteiger partial charge is 0.395 e. The Bertz CT molecular complexity index is 363. The molecule has 86 valence electrons. The molecule has 0 aromatic heterocycles. The first-order chi connectivity index (χ1) is 10.5. The molecule has 0 spiro atoms. The summed E-state index contributed by atoms with van der Waals surface area (Å²) in [5, 5.41) is 8.68. The van der Waals surface area contributed by atoms with Gasteiger partial charge < -0.3 is 20.8 Å². The summed E-state index contributed by atoms with van der Waals surface area (Å²) in [6.07, 6.45) is 0.140. The molecule has 0 aliphatic heterocycles. The van der Waals surface area contributed by atoms with E-state index in [2.05, 4.69) is 10.2 Å². The Labute approximate surface area is 99.6 Å². The minimum atomic E-state index is -3.06. The van der Waals surface area contributed by atoms with Crippen LogP contribution < -0.4 is 10.6 Å². The van der Waals surface area contributed by atoms with Crippen LogP contribution in [-0.4, -0.2) is 51.3 Å². The monoisotopic (exact) mass is 213 g/mol. The van der Waals surface area contributed by atoms with Crippen LogP contribution in [0.15, 0.2) is 0 Å². The van der Waals surface area contributed by atoms with E-state index in [1.165, 1.54) is 6.92 Å². The van der Waals surface area contributed by atoms with Crippen molar-refractivity contribution in [2.24, 2.45) is 0 Å². The Kier molecular flexibility index (Phi) is 3.21. The summed E-state index contributed by atoms with van der Waals surface area (Å²) in [6, 6.07) is -2.90. The van der Waals surface area contributed by atoms with Gasteiger partial charge in [-0.15, -0.1) is 0 Å². The van der Waals surface area contributed by atoms with E-state index in [4.69, 9.17) is 12.5 Å². The van der Waals surface area contributed by atoms with Gasteiger partial charge >= 0.3 is 0 Å². The SMILES string of the molecule is [2H]OC[C@H](CC)N([2H])C([2H])([2H])C([2H])([2H])N([2H])[C@]([2H])(CC)CO[2H]. The van der Waals surface area contributed by atoms with Crippen LogP contribution in [0.3, 0.4) is 0 Å². The fourth-order valence-electron chi connectivity index (χ4n) is 0.684. The maximum atomic E-state index is 8.04. The van der Waals surface area contributed by atoms with Gasteiger partial charge in [0.05, 0.1) is 13.2 Å². The Hall–Kier alpha value is -0.160. The van der Waals surface area contributed by atoms with Crippen LogP contribution in [0.2, 0.25) is 2.82 Å². The highest BCUT2D eigenvalue weighted by Gasteiger charge is 2.04. The van der Waals surface area contributed by atoms with Gasteiger partial charge in [0.2, 0.25) is 2.86 Å². The zero-order valence-electron chi connectivity index (χ0n) is 17.6. The van der Waals surface area contributed by atoms with Crippen molar-refractivity contribution in [3.8, 4) is 0 Å². The van der Waals surface area contributed by atoms with Crippen molar-refractivity contribution in [3.05, 3.63) is 0 Å². The molecule has 0 rings (SSSR count). The Balaban J connectivity index is 5.58. The normalized spacial score (nSPS) is 29.6. The zero-order chi connectivity index (χ0) is 18.5. The summed E-state index contributed by atoms with van der Waals surface area (Å²) in [4.78, 5) is 0. The molecule has 0 amide bonds. The third-order valence-corrected chi connectivity index (χ3v) is 1.75. The van der Waals surface area contributed by atoms with E-state index in [-0.39, 0.29) is 24.8 Å². The van der Waals surface area contributed by atoms with Crippen molar-refractivity contribution in [1.82, 2.24) is 10.6 Å². The molecule has 0 unspecified atom stereocenters. The first-order valence-electron chi connectivity index (χ1n) is 8.91. The van der Waals surface area contributed by atoms with E-state index in [0.717, 1.165) is 0 Å². The summed E-state index contributed by atoms with van der Waals surface area (Å²) < 4.78 is 69.0. The van der Waals surface area contributed by atoms with Gasteiger partial charge in [0, 0.05) is 31.9 Å². The molecule has 0 bridgehead atoms. The van der Waals surface area contributed by atoms with Gasteiger partial charge in [-0.25, -0.2) is 0 Å². The predicted molar refractivity (Wildman–Crippen MR) is 58.3 cm³/mol. The minimum absolute atomic E-state index is 0.0873. The van der Waals surface area contributed by atoms with Gasteiger partial charge in [0.15, 0.2) is 0 Å². The van der Waals surface area contributed by atoms with Crippen LogP contribution in [0.5, 0.6) is 0 Å². The summed E-state index contributed by atoms with van der Waals surface area (Å²) >= 11 is 0. The highest BCUT2D eigenvalue weighted by atomic mass is 16.3. The molecule has 0 radical (unpaired) electrons. The number of hydrogen-bond donors (Lipinski definition) is 4. The second-order valence-electron chi connectivity index (χ2n) is 2.76. The molecule has 0 heterocycles. The van der Waals surface area contributed by atoms with Crippen molar-refractivity contribution in [1.29, 1.82) is 2.86 Å². The van der Waals surface area contributed by atoms with Crippen molar-refractivity contribution in [3.63, 3.8) is 0 Å². The molecule has 4 heteroatoms. The molecule has 0 aromatic rings. The predicted octanol–water partition coefficient (Wildman–Crippen LogP) is -0.293. The van der Waals surface area contributed by atoms with Gasteiger partial charge in [0.25, 0.3) is 0 Å². The molecule has 4 N–H and O–H groups in total. The van der Waals surface area contributed by atoms with Gasteiger partial charge in [0.1, 0.15) is 2.82 Å². The number of aliphatic hydroxyl groups excluding tert-OH is 2. The quantitative estimate of drug-likeness (QED) is 0.381. The Morgan fingerprint density at radius 3 is 2.57 bits per heavy atom. The van der Waals surface area contributed by atoms with Gasteiger partial charge in [-0.2, -0.15) is 0 Å². The second kappa shape index (κ2) is 9.40. The molecule has 0 saturated carbocycles. The third-order valence-electron chi connectivity index (χ3n) is 1.75. The number of hydrogen-bond acceptors (Lipinski definition) is 4. The standard InChI is InChI=1S/C10H24N2O2/c1-3-9(7-13)11-5-6-12-10(4-2)8-14/h9-14H,3-8H2,1-2H3/t9-,10+/i5D2,6D2,9D,13D,14D/hD2/m1/s1. The van der Waals surface area contributed by atoms with E-state index < -0.39 is 31.7 Å².